The molecule has 0 radical (unpaired) electrons. The molecule has 160 valence electrons. The standard InChI is InChI=1S/C27H26N4O/c1-2-8-22-17-20(11-12-21(22)7-1)18-26-28-27(32-29-26)24-19-31(16-15-30-13-5-6-14-30)25-10-4-3-9-23(24)25/h1-4,7-12,17,19H,5-6,13-16,18H2. The lowest BCUT2D eigenvalue weighted by molar-refractivity contribution is 0.324. The van der Waals surface area contributed by atoms with Crippen LogP contribution in [0.2, 0.25) is 0 Å². The highest BCUT2D eigenvalue weighted by molar-refractivity contribution is 5.94. The lowest BCUT2D eigenvalue weighted by atomic mass is 10.1. The molecule has 1 fully saturated rings. The Morgan fingerprint density at radius 3 is 2.56 bits per heavy atom. The van der Waals surface area contributed by atoms with Crippen molar-refractivity contribution in [2.24, 2.45) is 0 Å². The molecule has 1 aliphatic rings. The van der Waals surface area contributed by atoms with Crippen molar-refractivity contribution in [1.29, 1.82) is 0 Å². The van der Waals surface area contributed by atoms with E-state index >= 15 is 0 Å². The maximum absolute atomic E-state index is 5.72. The zero-order chi connectivity index (χ0) is 21.3. The van der Waals surface area contributed by atoms with E-state index in [9.17, 15) is 0 Å². The molecule has 0 atom stereocenters. The van der Waals surface area contributed by atoms with Crippen LogP contribution >= 0.6 is 0 Å². The zero-order valence-electron chi connectivity index (χ0n) is 18.1. The van der Waals surface area contributed by atoms with E-state index in [-0.39, 0.29) is 0 Å². The molecule has 0 bridgehead atoms. The first-order chi connectivity index (χ1) is 15.8. The van der Waals surface area contributed by atoms with Gasteiger partial charge in [-0.15, -0.1) is 0 Å². The molecule has 0 amide bonds. The van der Waals surface area contributed by atoms with Gasteiger partial charge in [-0.05, 0) is 48.3 Å². The van der Waals surface area contributed by atoms with Gasteiger partial charge in [0.1, 0.15) is 0 Å². The molecule has 3 aromatic carbocycles. The van der Waals surface area contributed by atoms with Crippen LogP contribution in [0.25, 0.3) is 33.1 Å². The Bertz CT molecular complexity index is 1380. The number of hydrogen-bond donors (Lipinski definition) is 0. The van der Waals surface area contributed by atoms with Gasteiger partial charge < -0.3 is 14.0 Å². The highest BCUT2D eigenvalue weighted by atomic mass is 16.5. The number of aromatic nitrogens is 3. The molecule has 0 N–H and O–H groups in total. The van der Waals surface area contributed by atoms with Gasteiger partial charge in [0.25, 0.3) is 5.89 Å². The first kappa shape index (κ1) is 19.3. The van der Waals surface area contributed by atoms with Crippen molar-refractivity contribution in [2.75, 3.05) is 19.6 Å². The smallest absolute Gasteiger partial charge is 0.260 e. The lowest BCUT2D eigenvalue weighted by Gasteiger charge is -2.15. The van der Waals surface area contributed by atoms with Crippen LogP contribution in [-0.2, 0) is 13.0 Å². The predicted molar refractivity (Wildman–Crippen MR) is 128 cm³/mol. The summed E-state index contributed by atoms with van der Waals surface area (Å²) >= 11 is 0. The second kappa shape index (κ2) is 8.24. The van der Waals surface area contributed by atoms with Crippen molar-refractivity contribution in [3.63, 3.8) is 0 Å². The van der Waals surface area contributed by atoms with E-state index in [1.165, 1.54) is 47.8 Å². The third-order valence-corrected chi connectivity index (χ3v) is 6.52. The van der Waals surface area contributed by atoms with Gasteiger partial charge in [0.05, 0.1) is 5.56 Å². The summed E-state index contributed by atoms with van der Waals surface area (Å²) in [5.41, 5.74) is 3.42. The molecule has 2 aromatic heterocycles. The quantitative estimate of drug-likeness (QED) is 0.361. The predicted octanol–water partition coefficient (Wildman–Crippen LogP) is 5.53. The molecule has 5 heteroatoms. The van der Waals surface area contributed by atoms with Crippen molar-refractivity contribution in [2.45, 2.75) is 25.8 Å². The molecule has 32 heavy (non-hydrogen) atoms. The molecule has 6 rings (SSSR count). The van der Waals surface area contributed by atoms with Crippen LogP contribution in [-0.4, -0.2) is 39.2 Å². The summed E-state index contributed by atoms with van der Waals surface area (Å²) in [6, 6.07) is 23.4. The topological polar surface area (TPSA) is 47.1 Å². The second-order valence-corrected chi connectivity index (χ2v) is 8.68. The summed E-state index contributed by atoms with van der Waals surface area (Å²) in [6.45, 7) is 4.48. The molecule has 1 saturated heterocycles. The fourth-order valence-corrected chi connectivity index (χ4v) is 4.82. The molecule has 1 aliphatic heterocycles. The normalized spacial score (nSPS) is 14.6. The van der Waals surface area contributed by atoms with Gasteiger partial charge in [0.15, 0.2) is 5.82 Å². The largest absolute Gasteiger partial charge is 0.345 e. The minimum absolute atomic E-state index is 0.594. The maximum Gasteiger partial charge on any atom is 0.260 e. The molecule has 3 heterocycles. The van der Waals surface area contributed by atoms with Crippen molar-refractivity contribution >= 4 is 21.7 Å². The van der Waals surface area contributed by atoms with Crippen molar-refractivity contribution < 1.29 is 4.52 Å². The van der Waals surface area contributed by atoms with E-state index in [2.05, 4.69) is 87.6 Å². The molecule has 0 spiro atoms. The Hall–Kier alpha value is -3.44. The third kappa shape index (κ3) is 3.69. The van der Waals surface area contributed by atoms with Crippen molar-refractivity contribution in [3.05, 3.63) is 84.3 Å². The van der Waals surface area contributed by atoms with Gasteiger partial charge in [-0.1, -0.05) is 65.8 Å². The summed E-state index contributed by atoms with van der Waals surface area (Å²) in [6.07, 6.45) is 5.47. The van der Waals surface area contributed by atoms with Crippen molar-refractivity contribution in [1.82, 2.24) is 19.6 Å². The minimum atomic E-state index is 0.594. The number of para-hydroxylation sites is 1. The van der Waals surface area contributed by atoms with Crippen LogP contribution in [0.3, 0.4) is 0 Å². The molecular weight excluding hydrogens is 396 g/mol. The third-order valence-electron chi connectivity index (χ3n) is 6.52. The first-order valence-corrected chi connectivity index (χ1v) is 11.4. The fourth-order valence-electron chi connectivity index (χ4n) is 4.82. The van der Waals surface area contributed by atoms with E-state index in [1.807, 2.05) is 0 Å². The summed E-state index contributed by atoms with van der Waals surface area (Å²) in [4.78, 5) is 7.30. The Morgan fingerprint density at radius 2 is 1.66 bits per heavy atom. The molecular formula is C27H26N4O. The van der Waals surface area contributed by atoms with E-state index in [0.717, 1.165) is 24.0 Å². The first-order valence-electron chi connectivity index (χ1n) is 11.4. The molecule has 0 saturated carbocycles. The van der Waals surface area contributed by atoms with E-state index in [1.54, 1.807) is 0 Å². The Labute approximate surface area is 187 Å². The Kier molecular flexibility index (Phi) is 4.96. The van der Waals surface area contributed by atoms with Gasteiger partial charge in [0.2, 0.25) is 0 Å². The number of fused-ring (bicyclic) bond motifs is 2. The van der Waals surface area contributed by atoms with Crippen LogP contribution in [0.1, 0.15) is 24.2 Å². The second-order valence-electron chi connectivity index (χ2n) is 8.68. The van der Waals surface area contributed by atoms with Gasteiger partial charge >= 0.3 is 0 Å². The van der Waals surface area contributed by atoms with Crippen LogP contribution in [0.15, 0.2) is 77.4 Å². The average Bonchev–Trinajstić information content (AvgIpc) is 3.58. The molecule has 5 nitrogen and oxygen atoms in total. The van der Waals surface area contributed by atoms with Gasteiger partial charge in [0, 0.05) is 36.6 Å². The highest BCUT2D eigenvalue weighted by Gasteiger charge is 2.17. The van der Waals surface area contributed by atoms with E-state index in [0.29, 0.717) is 18.1 Å². The van der Waals surface area contributed by atoms with E-state index in [4.69, 9.17) is 9.51 Å². The minimum Gasteiger partial charge on any atom is -0.345 e. The molecule has 5 aromatic rings. The maximum atomic E-state index is 5.72. The van der Waals surface area contributed by atoms with Crippen LogP contribution in [0.5, 0.6) is 0 Å². The molecule has 0 aliphatic carbocycles. The molecule has 0 unspecified atom stereocenters. The lowest BCUT2D eigenvalue weighted by Crippen LogP contribution is -2.23. The van der Waals surface area contributed by atoms with Crippen LogP contribution < -0.4 is 0 Å². The van der Waals surface area contributed by atoms with Crippen molar-refractivity contribution in [3.8, 4) is 11.5 Å². The summed E-state index contributed by atoms with van der Waals surface area (Å²) in [5.74, 6) is 1.31. The van der Waals surface area contributed by atoms with Gasteiger partial charge in [-0.25, -0.2) is 0 Å². The van der Waals surface area contributed by atoms with Crippen LogP contribution in [0, 0.1) is 0 Å². The average molecular weight is 423 g/mol. The van der Waals surface area contributed by atoms with Gasteiger partial charge in [-0.2, -0.15) is 4.98 Å². The van der Waals surface area contributed by atoms with Crippen LogP contribution in [0.4, 0.5) is 0 Å². The monoisotopic (exact) mass is 422 g/mol. The highest BCUT2D eigenvalue weighted by Crippen LogP contribution is 2.30. The summed E-state index contributed by atoms with van der Waals surface area (Å²) < 4.78 is 8.05. The van der Waals surface area contributed by atoms with Gasteiger partial charge in [-0.3, -0.25) is 0 Å². The number of likely N-dealkylation sites (tertiary alicyclic amines) is 1. The Morgan fingerprint density at radius 1 is 0.844 bits per heavy atom. The number of benzene rings is 3. The van der Waals surface area contributed by atoms with E-state index < -0.39 is 0 Å². The Balaban J connectivity index is 1.27. The summed E-state index contributed by atoms with van der Waals surface area (Å²) in [7, 11) is 0. The summed E-state index contributed by atoms with van der Waals surface area (Å²) in [5, 5.41) is 7.92. The number of nitrogens with zero attached hydrogens (tertiary/aromatic N) is 4. The number of hydrogen-bond acceptors (Lipinski definition) is 4. The zero-order valence-corrected chi connectivity index (χ0v) is 18.1. The SMILES string of the molecule is c1ccc2cc(Cc3noc(-c4cn(CCN5CCCC5)c5ccccc45)n3)ccc2c1. The number of rotatable bonds is 6. The fraction of sp³-hybridized carbons (Fsp3) is 0.259.